The van der Waals surface area contributed by atoms with Crippen LogP contribution in [0.1, 0.15) is 22.3 Å². The summed E-state index contributed by atoms with van der Waals surface area (Å²) in [5.74, 6) is 0. The molecule has 202 valence electrons. The SMILES string of the molecule is c1ccc(-c2cc(-c3ccccc3)nc(-c3cccc(C4(c5ccccc5)c5ccccc5-c5ccccc54)c3)c2)cc1. The number of hydrogen-bond donors (Lipinski definition) is 0. The fraction of sp³-hybridized carbons (Fsp3) is 0.0238. The molecule has 0 N–H and O–H groups in total. The van der Waals surface area contributed by atoms with Gasteiger partial charge in [0.05, 0.1) is 16.8 Å². The summed E-state index contributed by atoms with van der Waals surface area (Å²) >= 11 is 0. The van der Waals surface area contributed by atoms with Crippen molar-refractivity contribution in [3.05, 3.63) is 198 Å². The lowest BCUT2D eigenvalue weighted by Crippen LogP contribution is -2.28. The Hall–Kier alpha value is -5.53. The van der Waals surface area contributed by atoms with Crippen LogP contribution in [0.5, 0.6) is 0 Å². The molecule has 6 aromatic carbocycles. The Bertz CT molecular complexity index is 1960. The number of benzene rings is 6. The van der Waals surface area contributed by atoms with Gasteiger partial charge in [0.15, 0.2) is 0 Å². The highest BCUT2D eigenvalue weighted by Crippen LogP contribution is 2.56. The zero-order chi connectivity index (χ0) is 28.6. The molecule has 1 aromatic heterocycles. The second-order valence-electron chi connectivity index (χ2n) is 11.1. The minimum Gasteiger partial charge on any atom is -0.248 e. The summed E-state index contributed by atoms with van der Waals surface area (Å²) in [5, 5.41) is 0. The number of hydrogen-bond acceptors (Lipinski definition) is 1. The maximum Gasteiger partial charge on any atom is 0.0715 e. The average Bonchev–Trinajstić information content (AvgIpc) is 3.40. The van der Waals surface area contributed by atoms with Gasteiger partial charge in [0, 0.05) is 11.1 Å². The lowest BCUT2D eigenvalue weighted by atomic mass is 9.67. The van der Waals surface area contributed by atoms with Crippen LogP contribution in [0.15, 0.2) is 176 Å². The van der Waals surface area contributed by atoms with E-state index in [0.29, 0.717) is 0 Å². The average molecular weight is 548 g/mol. The molecule has 0 bridgehead atoms. The minimum atomic E-state index is -0.441. The predicted octanol–water partition coefficient (Wildman–Crippen LogP) is 10.4. The molecule has 0 fully saturated rings. The first kappa shape index (κ1) is 25.2. The van der Waals surface area contributed by atoms with Gasteiger partial charge in [-0.05, 0) is 62.7 Å². The van der Waals surface area contributed by atoms with E-state index >= 15 is 0 Å². The number of nitrogens with zero attached hydrogens (tertiary/aromatic N) is 1. The Balaban J connectivity index is 1.38. The third-order valence-electron chi connectivity index (χ3n) is 8.75. The number of aromatic nitrogens is 1. The van der Waals surface area contributed by atoms with Crippen molar-refractivity contribution in [2.24, 2.45) is 0 Å². The molecule has 1 heteroatoms. The van der Waals surface area contributed by atoms with Crippen LogP contribution in [-0.2, 0) is 5.41 Å². The molecule has 1 heterocycles. The molecule has 0 atom stereocenters. The monoisotopic (exact) mass is 547 g/mol. The smallest absolute Gasteiger partial charge is 0.0715 e. The van der Waals surface area contributed by atoms with Crippen LogP contribution in [0.3, 0.4) is 0 Å². The van der Waals surface area contributed by atoms with E-state index in [4.69, 9.17) is 4.98 Å². The molecular weight excluding hydrogens is 518 g/mol. The summed E-state index contributed by atoms with van der Waals surface area (Å²) in [4.78, 5) is 5.25. The zero-order valence-corrected chi connectivity index (χ0v) is 23.7. The molecule has 7 aromatic rings. The largest absolute Gasteiger partial charge is 0.248 e. The predicted molar refractivity (Wildman–Crippen MR) is 178 cm³/mol. The van der Waals surface area contributed by atoms with Gasteiger partial charge in [0.2, 0.25) is 0 Å². The highest BCUT2D eigenvalue weighted by Gasteiger charge is 2.45. The van der Waals surface area contributed by atoms with Crippen molar-refractivity contribution in [3.63, 3.8) is 0 Å². The van der Waals surface area contributed by atoms with Crippen LogP contribution in [-0.4, -0.2) is 4.98 Å². The second-order valence-corrected chi connectivity index (χ2v) is 11.1. The Morgan fingerprint density at radius 1 is 0.326 bits per heavy atom. The molecule has 0 aliphatic heterocycles. The Morgan fingerprint density at radius 3 is 1.42 bits per heavy atom. The fourth-order valence-corrected chi connectivity index (χ4v) is 6.86. The molecule has 0 unspecified atom stereocenters. The molecule has 1 aliphatic rings. The van der Waals surface area contributed by atoms with Crippen molar-refractivity contribution >= 4 is 0 Å². The van der Waals surface area contributed by atoms with Gasteiger partial charge in [-0.3, -0.25) is 0 Å². The molecule has 0 spiro atoms. The maximum absolute atomic E-state index is 5.25. The third kappa shape index (κ3) is 4.13. The molecule has 0 saturated carbocycles. The summed E-state index contributed by atoms with van der Waals surface area (Å²) in [6.45, 7) is 0. The van der Waals surface area contributed by atoms with Crippen LogP contribution in [0.4, 0.5) is 0 Å². The van der Waals surface area contributed by atoms with E-state index in [1.807, 2.05) is 0 Å². The van der Waals surface area contributed by atoms with Crippen LogP contribution in [0.2, 0.25) is 0 Å². The minimum absolute atomic E-state index is 0.441. The van der Waals surface area contributed by atoms with E-state index in [-0.39, 0.29) is 0 Å². The fourth-order valence-electron chi connectivity index (χ4n) is 6.86. The molecule has 0 amide bonds. The first-order valence-corrected chi connectivity index (χ1v) is 14.8. The van der Waals surface area contributed by atoms with Crippen molar-refractivity contribution in [2.75, 3.05) is 0 Å². The van der Waals surface area contributed by atoms with Crippen LogP contribution in [0.25, 0.3) is 44.8 Å². The number of rotatable bonds is 5. The van der Waals surface area contributed by atoms with Crippen LogP contribution >= 0.6 is 0 Å². The maximum atomic E-state index is 5.25. The first-order valence-electron chi connectivity index (χ1n) is 14.8. The van der Waals surface area contributed by atoms with Gasteiger partial charge >= 0.3 is 0 Å². The topological polar surface area (TPSA) is 12.9 Å². The lowest BCUT2D eigenvalue weighted by molar-refractivity contribution is 0.769. The number of fused-ring (bicyclic) bond motifs is 3. The Morgan fingerprint density at radius 2 is 0.791 bits per heavy atom. The quantitative estimate of drug-likeness (QED) is 0.209. The normalized spacial score (nSPS) is 12.8. The summed E-state index contributed by atoms with van der Waals surface area (Å²) in [6, 6.07) is 63.2. The van der Waals surface area contributed by atoms with Gasteiger partial charge in [-0.25, -0.2) is 4.98 Å². The summed E-state index contributed by atoms with van der Waals surface area (Å²) in [6.07, 6.45) is 0. The Labute approximate surface area is 252 Å². The van der Waals surface area contributed by atoms with Gasteiger partial charge in [0.25, 0.3) is 0 Å². The van der Waals surface area contributed by atoms with Crippen molar-refractivity contribution < 1.29 is 0 Å². The Kier molecular flexibility index (Phi) is 6.09. The van der Waals surface area contributed by atoms with E-state index in [0.717, 1.165) is 28.1 Å². The van der Waals surface area contributed by atoms with Gasteiger partial charge in [-0.2, -0.15) is 0 Å². The van der Waals surface area contributed by atoms with Gasteiger partial charge in [0.1, 0.15) is 0 Å². The first-order chi connectivity index (χ1) is 21.3. The van der Waals surface area contributed by atoms with Crippen molar-refractivity contribution in [1.29, 1.82) is 0 Å². The lowest BCUT2D eigenvalue weighted by Gasteiger charge is -2.34. The standard InChI is InChI=1S/C42H29N/c1-4-15-30(16-5-1)33-28-40(31-17-6-2-7-18-31)43-41(29-33)32-19-14-22-35(27-32)42(34-20-8-3-9-21-34)38-25-12-10-23-36(38)37-24-11-13-26-39(37)42/h1-29H. The van der Waals surface area contributed by atoms with Crippen LogP contribution in [0, 0.1) is 0 Å². The van der Waals surface area contributed by atoms with E-state index in [1.165, 1.54) is 38.9 Å². The third-order valence-corrected chi connectivity index (χ3v) is 8.75. The van der Waals surface area contributed by atoms with E-state index < -0.39 is 5.41 Å². The molecule has 8 rings (SSSR count). The van der Waals surface area contributed by atoms with Crippen molar-refractivity contribution in [1.82, 2.24) is 4.98 Å². The highest BCUT2D eigenvalue weighted by molar-refractivity contribution is 5.87. The molecular formula is C42H29N. The molecule has 0 saturated heterocycles. The molecule has 1 aliphatic carbocycles. The second kappa shape index (κ2) is 10.4. The van der Waals surface area contributed by atoms with E-state index in [9.17, 15) is 0 Å². The van der Waals surface area contributed by atoms with E-state index in [2.05, 4.69) is 176 Å². The van der Waals surface area contributed by atoms with Crippen LogP contribution < -0.4 is 0 Å². The molecule has 1 nitrogen and oxygen atoms in total. The summed E-state index contributed by atoms with van der Waals surface area (Å²) < 4.78 is 0. The van der Waals surface area contributed by atoms with Crippen molar-refractivity contribution in [2.45, 2.75) is 5.41 Å². The zero-order valence-electron chi connectivity index (χ0n) is 23.7. The number of pyridine rings is 1. The van der Waals surface area contributed by atoms with Gasteiger partial charge in [-0.15, -0.1) is 0 Å². The van der Waals surface area contributed by atoms with Gasteiger partial charge in [-0.1, -0.05) is 158 Å². The molecule has 43 heavy (non-hydrogen) atoms. The summed E-state index contributed by atoms with van der Waals surface area (Å²) in [5.41, 5.74) is 13.8. The highest BCUT2D eigenvalue weighted by atomic mass is 14.7. The van der Waals surface area contributed by atoms with Gasteiger partial charge < -0.3 is 0 Å². The van der Waals surface area contributed by atoms with E-state index in [1.54, 1.807) is 0 Å². The summed E-state index contributed by atoms with van der Waals surface area (Å²) in [7, 11) is 0. The van der Waals surface area contributed by atoms with Crippen molar-refractivity contribution in [3.8, 4) is 44.8 Å². The molecule has 0 radical (unpaired) electrons.